The van der Waals surface area contributed by atoms with Crippen molar-refractivity contribution in [3.63, 3.8) is 0 Å². The SMILES string of the molecule is CCCNCc1ccc(F)c(Cl)c1. The van der Waals surface area contributed by atoms with Crippen LogP contribution in [0.1, 0.15) is 18.9 Å². The van der Waals surface area contributed by atoms with Crippen molar-refractivity contribution in [1.82, 2.24) is 5.32 Å². The molecule has 13 heavy (non-hydrogen) atoms. The van der Waals surface area contributed by atoms with Crippen molar-refractivity contribution in [2.75, 3.05) is 6.54 Å². The molecule has 0 aliphatic heterocycles. The van der Waals surface area contributed by atoms with Gasteiger partial charge in [0.05, 0.1) is 5.02 Å². The molecule has 0 aliphatic rings. The summed E-state index contributed by atoms with van der Waals surface area (Å²) >= 11 is 5.62. The molecule has 0 saturated heterocycles. The molecule has 1 N–H and O–H groups in total. The lowest BCUT2D eigenvalue weighted by atomic mass is 10.2. The molecule has 72 valence electrons. The van der Waals surface area contributed by atoms with E-state index in [1.165, 1.54) is 6.07 Å². The summed E-state index contributed by atoms with van der Waals surface area (Å²) in [4.78, 5) is 0. The molecule has 0 aromatic heterocycles. The van der Waals surface area contributed by atoms with E-state index in [0.717, 1.165) is 25.1 Å². The number of hydrogen-bond donors (Lipinski definition) is 1. The highest BCUT2D eigenvalue weighted by Gasteiger charge is 1.99. The normalized spacial score (nSPS) is 10.4. The molecular formula is C10H13ClFN. The predicted molar refractivity (Wildman–Crippen MR) is 53.4 cm³/mol. The van der Waals surface area contributed by atoms with Gasteiger partial charge in [0.15, 0.2) is 0 Å². The van der Waals surface area contributed by atoms with E-state index < -0.39 is 0 Å². The highest BCUT2D eigenvalue weighted by Crippen LogP contribution is 2.15. The van der Waals surface area contributed by atoms with Crippen molar-refractivity contribution in [3.05, 3.63) is 34.6 Å². The first-order valence-electron chi connectivity index (χ1n) is 4.38. The van der Waals surface area contributed by atoms with E-state index in [-0.39, 0.29) is 10.8 Å². The van der Waals surface area contributed by atoms with Crippen LogP contribution in [0, 0.1) is 5.82 Å². The number of benzene rings is 1. The van der Waals surface area contributed by atoms with Crippen LogP contribution in [0.2, 0.25) is 5.02 Å². The van der Waals surface area contributed by atoms with Gasteiger partial charge in [0, 0.05) is 6.54 Å². The summed E-state index contributed by atoms with van der Waals surface area (Å²) in [5.74, 6) is -0.360. The number of nitrogens with one attached hydrogen (secondary N) is 1. The summed E-state index contributed by atoms with van der Waals surface area (Å²) in [5, 5.41) is 3.41. The monoisotopic (exact) mass is 201 g/mol. The van der Waals surface area contributed by atoms with Crippen LogP contribution in [0.5, 0.6) is 0 Å². The molecule has 1 aromatic carbocycles. The second kappa shape index (κ2) is 5.20. The van der Waals surface area contributed by atoms with E-state index in [0.29, 0.717) is 0 Å². The molecule has 1 nitrogen and oxygen atoms in total. The van der Waals surface area contributed by atoms with Gasteiger partial charge in [-0.3, -0.25) is 0 Å². The molecule has 0 atom stereocenters. The molecular weight excluding hydrogens is 189 g/mol. The van der Waals surface area contributed by atoms with Gasteiger partial charge in [-0.25, -0.2) is 4.39 Å². The van der Waals surface area contributed by atoms with Gasteiger partial charge in [0.25, 0.3) is 0 Å². The Morgan fingerprint density at radius 1 is 1.46 bits per heavy atom. The number of rotatable bonds is 4. The van der Waals surface area contributed by atoms with Gasteiger partial charge < -0.3 is 5.32 Å². The fourth-order valence-electron chi connectivity index (χ4n) is 1.06. The van der Waals surface area contributed by atoms with Crippen LogP contribution in [0.15, 0.2) is 18.2 Å². The maximum atomic E-state index is 12.7. The Hall–Kier alpha value is -0.600. The third kappa shape index (κ3) is 3.33. The minimum Gasteiger partial charge on any atom is -0.313 e. The summed E-state index contributed by atoms with van der Waals surface area (Å²) in [6, 6.07) is 4.79. The third-order valence-electron chi connectivity index (χ3n) is 1.74. The van der Waals surface area contributed by atoms with Crippen molar-refractivity contribution >= 4 is 11.6 Å². The van der Waals surface area contributed by atoms with Crippen molar-refractivity contribution in [3.8, 4) is 0 Å². The van der Waals surface area contributed by atoms with Crippen molar-refractivity contribution in [2.24, 2.45) is 0 Å². The summed E-state index contributed by atoms with van der Waals surface area (Å²) < 4.78 is 12.7. The van der Waals surface area contributed by atoms with Crippen molar-refractivity contribution in [1.29, 1.82) is 0 Å². The van der Waals surface area contributed by atoms with E-state index in [9.17, 15) is 4.39 Å². The van der Waals surface area contributed by atoms with Crippen LogP contribution in [-0.2, 0) is 6.54 Å². The summed E-state index contributed by atoms with van der Waals surface area (Å²) in [6.45, 7) is 3.81. The smallest absolute Gasteiger partial charge is 0.141 e. The Kier molecular flexibility index (Phi) is 4.19. The van der Waals surface area contributed by atoms with Gasteiger partial charge in [-0.1, -0.05) is 24.6 Å². The van der Waals surface area contributed by atoms with Gasteiger partial charge in [-0.2, -0.15) is 0 Å². The van der Waals surface area contributed by atoms with E-state index in [1.54, 1.807) is 12.1 Å². The molecule has 1 aromatic rings. The van der Waals surface area contributed by atoms with Gasteiger partial charge >= 0.3 is 0 Å². The Morgan fingerprint density at radius 2 is 2.23 bits per heavy atom. The molecule has 0 fully saturated rings. The fraction of sp³-hybridized carbons (Fsp3) is 0.400. The highest BCUT2D eigenvalue weighted by atomic mass is 35.5. The minimum atomic E-state index is -0.360. The van der Waals surface area contributed by atoms with Gasteiger partial charge in [0.2, 0.25) is 0 Å². The average molecular weight is 202 g/mol. The lowest BCUT2D eigenvalue weighted by molar-refractivity contribution is 0.625. The molecule has 0 radical (unpaired) electrons. The van der Waals surface area contributed by atoms with E-state index in [4.69, 9.17) is 11.6 Å². The lowest BCUT2D eigenvalue weighted by Gasteiger charge is -2.03. The third-order valence-corrected chi connectivity index (χ3v) is 2.03. The Morgan fingerprint density at radius 3 is 2.85 bits per heavy atom. The quantitative estimate of drug-likeness (QED) is 0.739. The summed E-state index contributed by atoms with van der Waals surface area (Å²) in [6.07, 6.45) is 1.09. The van der Waals surface area contributed by atoms with E-state index >= 15 is 0 Å². The van der Waals surface area contributed by atoms with E-state index in [1.807, 2.05) is 0 Å². The molecule has 0 saturated carbocycles. The molecule has 0 heterocycles. The zero-order chi connectivity index (χ0) is 9.68. The maximum absolute atomic E-state index is 12.7. The zero-order valence-electron chi connectivity index (χ0n) is 7.61. The van der Waals surface area contributed by atoms with Gasteiger partial charge in [-0.05, 0) is 30.7 Å². The Balaban J connectivity index is 2.53. The molecule has 0 amide bonds. The van der Waals surface area contributed by atoms with Gasteiger partial charge in [-0.15, -0.1) is 0 Å². The van der Waals surface area contributed by atoms with Crippen LogP contribution in [0.25, 0.3) is 0 Å². The van der Waals surface area contributed by atoms with Gasteiger partial charge in [0.1, 0.15) is 5.82 Å². The molecule has 3 heteroatoms. The Labute approximate surface area is 82.9 Å². The van der Waals surface area contributed by atoms with Crippen LogP contribution in [-0.4, -0.2) is 6.54 Å². The molecule has 1 rings (SSSR count). The van der Waals surface area contributed by atoms with Crippen LogP contribution < -0.4 is 5.32 Å². The zero-order valence-corrected chi connectivity index (χ0v) is 8.37. The van der Waals surface area contributed by atoms with Crippen LogP contribution in [0.3, 0.4) is 0 Å². The number of halogens is 2. The van der Waals surface area contributed by atoms with Crippen molar-refractivity contribution in [2.45, 2.75) is 19.9 Å². The fourth-order valence-corrected chi connectivity index (χ4v) is 1.26. The first kappa shape index (κ1) is 10.5. The van der Waals surface area contributed by atoms with E-state index in [2.05, 4.69) is 12.2 Å². The topological polar surface area (TPSA) is 12.0 Å². The highest BCUT2D eigenvalue weighted by molar-refractivity contribution is 6.30. The molecule has 0 unspecified atom stereocenters. The first-order valence-corrected chi connectivity index (χ1v) is 4.76. The maximum Gasteiger partial charge on any atom is 0.141 e. The predicted octanol–water partition coefficient (Wildman–Crippen LogP) is 2.98. The first-order chi connectivity index (χ1) is 6.24. The molecule has 0 bridgehead atoms. The standard InChI is InChI=1S/C10H13ClFN/c1-2-5-13-7-8-3-4-10(12)9(11)6-8/h3-4,6,13H,2,5,7H2,1H3. The van der Waals surface area contributed by atoms with Crippen LogP contribution in [0.4, 0.5) is 4.39 Å². The number of hydrogen-bond acceptors (Lipinski definition) is 1. The second-order valence-corrected chi connectivity index (χ2v) is 3.33. The Bertz CT molecular complexity index is 276. The molecule has 0 aliphatic carbocycles. The van der Waals surface area contributed by atoms with Crippen molar-refractivity contribution < 1.29 is 4.39 Å². The van der Waals surface area contributed by atoms with Crippen LogP contribution >= 0.6 is 11.6 Å². The second-order valence-electron chi connectivity index (χ2n) is 2.93. The molecule has 0 spiro atoms. The largest absolute Gasteiger partial charge is 0.313 e. The lowest BCUT2D eigenvalue weighted by Crippen LogP contribution is -2.13. The average Bonchev–Trinajstić information content (AvgIpc) is 2.12. The minimum absolute atomic E-state index is 0.191. The summed E-state index contributed by atoms with van der Waals surface area (Å²) in [7, 11) is 0. The summed E-state index contributed by atoms with van der Waals surface area (Å²) in [5.41, 5.74) is 1.01.